The third-order valence-electron chi connectivity index (χ3n) is 7.05. The average Bonchev–Trinajstić information content (AvgIpc) is 2.65. The highest BCUT2D eigenvalue weighted by atomic mass is 32.2. The van der Waals surface area contributed by atoms with Crippen molar-refractivity contribution >= 4 is 27.6 Å². The van der Waals surface area contributed by atoms with E-state index in [1.807, 2.05) is 0 Å². The molecular weight excluding hydrogens is 432 g/mol. The summed E-state index contributed by atoms with van der Waals surface area (Å²) in [4.78, 5) is 24.2. The highest BCUT2D eigenvalue weighted by Gasteiger charge is 2.52. The first-order chi connectivity index (χ1) is 15.0. The van der Waals surface area contributed by atoms with E-state index in [9.17, 15) is 18.0 Å². The molecule has 8 nitrogen and oxygen atoms in total. The Morgan fingerprint density at radius 2 is 1.41 bits per heavy atom. The molecule has 1 aromatic carbocycles. The van der Waals surface area contributed by atoms with E-state index in [0.717, 1.165) is 19.3 Å². The minimum atomic E-state index is -3.65. The number of carbonyl (C=O) groups excluding carboxylic acids is 2. The number of rotatable bonds is 5. The monoisotopic (exact) mass is 460 g/mol. The molecule has 172 valence electrons. The molecule has 6 rings (SSSR count). The number of hydrogen-bond acceptors (Lipinski definition) is 7. The minimum absolute atomic E-state index is 0.199. The summed E-state index contributed by atoms with van der Waals surface area (Å²) in [6, 6.07) is 6.22. The van der Waals surface area contributed by atoms with Crippen molar-refractivity contribution in [3.8, 4) is 0 Å². The first kappa shape index (κ1) is 21.5. The maximum absolute atomic E-state index is 13.1. The van der Waals surface area contributed by atoms with Gasteiger partial charge in [0.1, 0.15) is 0 Å². The van der Waals surface area contributed by atoms with Crippen LogP contribution in [0.4, 0.5) is 5.69 Å². The summed E-state index contributed by atoms with van der Waals surface area (Å²) in [5.74, 6) is -0.923. The molecule has 32 heavy (non-hydrogen) atoms. The lowest BCUT2D eigenvalue weighted by molar-refractivity contribution is -0.222. The Kier molecular flexibility index (Phi) is 4.90. The fourth-order valence-corrected chi connectivity index (χ4v) is 7.68. The zero-order chi connectivity index (χ0) is 22.7. The zero-order valence-electron chi connectivity index (χ0n) is 18.2. The molecule has 5 aliphatic rings. The summed E-state index contributed by atoms with van der Waals surface area (Å²) in [5.41, 5.74) is -0.0362. The molecule has 1 aliphatic heterocycles. The van der Waals surface area contributed by atoms with Crippen LogP contribution in [0.1, 0.15) is 52.4 Å². The Labute approximate surface area is 187 Å². The van der Waals surface area contributed by atoms with Gasteiger partial charge >= 0.3 is 11.9 Å². The van der Waals surface area contributed by atoms with Gasteiger partial charge in [-0.15, -0.1) is 0 Å². The van der Waals surface area contributed by atoms with Crippen LogP contribution in [0.2, 0.25) is 0 Å². The molecule has 0 aromatic heterocycles. The first-order valence-electron chi connectivity index (χ1n) is 11.1. The van der Waals surface area contributed by atoms with E-state index in [-0.39, 0.29) is 16.0 Å². The van der Waals surface area contributed by atoms with Gasteiger partial charge in [0, 0.05) is 31.3 Å². The normalized spacial score (nSPS) is 32.9. The Morgan fingerprint density at radius 3 is 1.91 bits per heavy atom. The van der Waals surface area contributed by atoms with Crippen LogP contribution in [-0.4, -0.2) is 31.7 Å². The van der Waals surface area contributed by atoms with Gasteiger partial charge < -0.3 is 14.8 Å². The van der Waals surface area contributed by atoms with Crippen molar-refractivity contribution in [1.29, 1.82) is 0 Å². The lowest BCUT2D eigenvalue weighted by Crippen LogP contribution is -2.59. The molecule has 0 spiro atoms. The number of hydrogen-bond donors (Lipinski definition) is 2. The van der Waals surface area contributed by atoms with Crippen LogP contribution in [0, 0.1) is 17.8 Å². The largest absolute Gasteiger partial charge is 0.419 e. The predicted molar refractivity (Wildman–Crippen MR) is 116 cm³/mol. The molecular formula is C23H28N2O6S. The van der Waals surface area contributed by atoms with Crippen LogP contribution in [0.25, 0.3) is 0 Å². The van der Waals surface area contributed by atoms with E-state index in [2.05, 4.69) is 10.0 Å². The van der Waals surface area contributed by atoms with E-state index in [1.54, 1.807) is 12.1 Å². The van der Waals surface area contributed by atoms with E-state index >= 15 is 0 Å². The second kappa shape index (κ2) is 7.31. The number of benzene rings is 1. The smallest absolute Gasteiger partial charge is 0.350 e. The van der Waals surface area contributed by atoms with Crippen molar-refractivity contribution in [2.45, 2.75) is 68.6 Å². The lowest BCUT2D eigenvalue weighted by atomic mass is 9.53. The van der Waals surface area contributed by atoms with Gasteiger partial charge in [-0.1, -0.05) is 0 Å². The summed E-state index contributed by atoms with van der Waals surface area (Å²) in [7, 11) is -3.65. The number of ether oxygens (including phenoxy) is 2. The van der Waals surface area contributed by atoms with Crippen LogP contribution in [0.15, 0.2) is 40.9 Å². The molecule has 0 radical (unpaired) electrons. The second-order valence-corrected chi connectivity index (χ2v) is 11.9. The topological polar surface area (TPSA) is 111 Å². The number of cyclic esters (lactones) is 2. The van der Waals surface area contributed by atoms with Crippen molar-refractivity contribution in [1.82, 2.24) is 4.72 Å². The van der Waals surface area contributed by atoms with Gasteiger partial charge in [0.25, 0.3) is 5.79 Å². The van der Waals surface area contributed by atoms with Gasteiger partial charge in [-0.2, -0.15) is 0 Å². The molecule has 0 amide bonds. The van der Waals surface area contributed by atoms with E-state index in [0.29, 0.717) is 23.4 Å². The van der Waals surface area contributed by atoms with Crippen molar-refractivity contribution in [3.05, 3.63) is 36.0 Å². The molecule has 5 fully saturated rings. The summed E-state index contributed by atoms with van der Waals surface area (Å²) in [6.07, 6.45) is 7.76. The Balaban J connectivity index is 1.27. The summed E-state index contributed by atoms with van der Waals surface area (Å²) < 4.78 is 39.4. The van der Waals surface area contributed by atoms with Crippen LogP contribution >= 0.6 is 0 Å². The molecule has 4 aliphatic carbocycles. The molecule has 4 bridgehead atoms. The molecule has 1 aromatic rings. The number of esters is 2. The van der Waals surface area contributed by atoms with Gasteiger partial charge in [0.05, 0.1) is 4.90 Å². The molecule has 0 unspecified atom stereocenters. The fourth-order valence-electron chi connectivity index (χ4n) is 6.24. The van der Waals surface area contributed by atoms with Crippen LogP contribution in [0.3, 0.4) is 0 Å². The van der Waals surface area contributed by atoms with E-state index < -0.39 is 27.7 Å². The molecule has 2 N–H and O–H groups in total. The predicted octanol–water partition coefficient (Wildman–Crippen LogP) is 3.07. The minimum Gasteiger partial charge on any atom is -0.419 e. The van der Waals surface area contributed by atoms with Gasteiger partial charge in [-0.3, -0.25) is 0 Å². The number of anilines is 1. The van der Waals surface area contributed by atoms with Crippen molar-refractivity contribution in [2.24, 2.45) is 17.8 Å². The van der Waals surface area contributed by atoms with Crippen LogP contribution in [0.5, 0.6) is 0 Å². The number of nitrogens with one attached hydrogen (secondary N) is 2. The van der Waals surface area contributed by atoms with E-state index in [1.165, 1.54) is 51.4 Å². The van der Waals surface area contributed by atoms with Crippen molar-refractivity contribution in [2.75, 3.05) is 5.32 Å². The van der Waals surface area contributed by atoms with E-state index in [4.69, 9.17) is 9.47 Å². The van der Waals surface area contributed by atoms with Gasteiger partial charge in [0.2, 0.25) is 10.0 Å². The quantitative estimate of drug-likeness (QED) is 0.395. The zero-order valence-corrected chi connectivity index (χ0v) is 19.0. The van der Waals surface area contributed by atoms with Crippen molar-refractivity contribution < 1.29 is 27.5 Å². The summed E-state index contributed by atoms with van der Waals surface area (Å²) in [6.45, 7) is 2.95. The Morgan fingerprint density at radius 1 is 0.906 bits per heavy atom. The average molecular weight is 461 g/mol. The molecule has 0 atom stereocenters. The van der Waals surface area contributed by atoms with Gasteiger partial charge in [-0.05, 0) is 80.5 Å². The highest BCUT2D eigenvalue weighted by molar-refractivity contribution is 7.89. The SMILES string of the molecule is CC1(C)OC(=O)C(=CNc2ccc(S(=O)(=O)NC34CC5CC(CC(C5)C3)C4)cc2)C(=O)O1. The summed E-state index contributed by atoms with van der Waals surface area (Å²) >= 11 is 0. The lowest BCUT2D eigenvalue weighted by Gasteiger charge is -2.56. The van der Waals surface area contributed by atoms with Crippen LogP contribution < -0.4 is 10.0 Å². The van der Waals surface area contributed by atoms with Crippen LogP contribution in [-0.2, 0) is 29.1 Å². The molecule has 1 saturated heterocycles. The fraction of sp³-hybridized carbons (Fsp3) is 0.565. The molecule has 9 heteroatoms. The third-order valence-corrected chi connectivity index (χ3v) is 8.65. The molecule has 4 saturated carbocycles. The number of sulfonamides is 1. The Bertz CT molecular complexity index is 1030. The number of carbonyl (C=O) groups is 2. The maximum atomic E-state index is 13.1. The van der Waals surface area contributed by atoms with Crippen molar-refractivity contribution in [3.63, 3.8) is 0 Å². The van der Waals surface area contributed by atoms with Gasteiger partial charge in [0.15, 0.2) is 5.57 Å². The molecule has 1 heterocycles. The maximum Gasteiger partial charge on any atom is 0.350 e. The highest BCUT2D eigenvalue weighted by Crippen LogP contribution is 2.56. The van der Waals surface area contributed by atoms with Gasteiger partial charge in [-0.25, -0.2) is 22.7 Å². The summed E-state index contributed by atoms with van der Waals surface area (Å²) in [5, 5.41) is 2.83. The first-order valence-corrected chi connectivity index (χ1v) is 12.6. The standard InChI is InChI=1S/C23H28N2O6S/c1-22(2)30-20(26)19(21(27)31-22)13-24-17-3-5-18(6-4-17)32(28,29)25-23-10-14-7-15(11-23)9-16(8-14)12-23/h3-6,13-16,24-25H,7-12H2,1-2H3. The second-order valence-electron chi connectivity index (χ2n) is 10.2. The Hall–Kier alpha value is -2.39. The third kappa shape index (κ3) is 4.03.